The fraction of sp³-hybridized carbons (Fsp3) is 0. The van der Waals surface area contributed by atoms with E-state index < -0.39 is 24.2 Å². The molecular formula is C54H35NO. The Morgan fingerprint density at radius 2 is 0.857 bits per heavy atom. The third kappa shape index (κ3) is 5.51. The van der Waals surface area contributed by atoms with Gasteiger partial charge in [-0.2, -0.15) is 0 Å². The van der Waals surface area contributed by atoms with Crippen molar-refractivity contribution >= 4 is 71.3 Å². The maximum atomic E-state index is 9.73. The van der Waals surface area contributed by atoms with Gasteiger partial charge in [-0.3, -0.25) is 0 Å². The lowest BCUT2D eigenvalue weighted by Gasteiger charge is -2.26. The Balaban J connectivity index is 1.17. The lowest BCUT2D eigenvalue weighted by Crippen LogP contribution is -2.10. The summed E-state index contributed by atoms with van der Waals surface area (Å²) in [6.07, 6.45) is 0. The molecule has 0 aliphatic carbocycles. The van der Waals surface area contributed by atoms with Crippen molar-refractivity contribution in [1.29, 1.82) is 0 Å². The van der Waals surface area contributed by atoms with E-state index in [-0.39, 0.29) is 46.7 Å². The van der Waals surface area contributed by atoms with Crippen molar-refractivity contribution in [3.05, 3.63) is 212 Å². The van der Waals surface area contributed by atoms with Gasteiger partial charge in [0.1, 0.15) is 11.2 Å². The van der Waals surface area contributed by atoms with Crippen LogP contribution in [0.25, 0.3) is 87.6 Å². The number of hydrogen-bond donors (Lipinski definition) is 0. The molecule has 0 radical (unpaired) electrons. The summed E-state index contributed by atoms with van der Waals surface area (Å²) in [7, 11) is 0. The zero-order valence-electron chi connectivity index (χ0n) is 37.9. The van der Waals surface area contributed by atoms with E-state index in [1.165, 1.54) is 4.90 Å². The SMILES string of the molecule is [2H]c1c([2H])c(N(c2c([2H])c([2H])c(-c3ccc4ccccc4c3)c([2H])c2[2H])c2cccc3oc4c5ccccc5ccc4c23)c([2H])c([2H])c1-c1cccc(-c2ccc3ccccc3c2)c1. The van der Waals surface area contributed by atoms with Crippen LogP contribution in [-0.4, -0.2) is 0 Å². The minimum absolute atomic E-state index is 0.0889. The molecule has 1 aromatic heterocycles. The van der Waals surface area contributed by atoms with E-state index in [9.17, 15) is 11.0 Å². The number of hydrogen-bond acceptors (Lipinski definition) is 2. The first-order valence-electron chi connectivity index (χ1n) is 22.5. The van der Waals surface area contributed by atoms with Gasteiger partial charge in [-0.25, -0.2) is 0 Å². The lowest BCUT2D eigenvalue weighted by molar-refractivity contribution is 0.672. The molecule has 2 heteroatoms. The highest BCUT2D eigenvalue weighted by molar-refractivity contribution is 6.19. The van der Waals surface area contributed by atoms with Crippen molar-refractivity contribution in [2.75, 3.05) is 4.90 Å². The van der Waals surface area contributed by atoms with Crippen LogP contribution in [-0.2, 0) is 0 Å². The summed E-state index contributed by atoms with van der Waals surface area (Å²) >= 11 is 0. The van der Waals surface area contributed by atoms with Gasteiger partial charge < -0.3 is 9.32 Å². The largest absolute Gasteiger partial charge is 0.455 e. The van der Waals surface area contributed by atoms with E-state index in [1.54, 1.807) is 30.3 Å². The number of anilines is 3. The van der Waals surface area contributed by atoms with Crippen LogP contribution >= 0.6 is 0 Å². The molecule has 0 aliphatic heterocycles. The van der Waals surface area contributed by atoms with Crippen LogP contribution in [0, 0.1) is 0 Å². The normalized spacial score (nSPS) is 13.6. The van der Waals surface area contributed by atoms with E-state index in [0.29, 0.717) is 38.8 Å². The van der Waals surface area contributed by atoms with Gasteiger partial charge in [-0.15, -0.1) is 0 Å². The molecule has 56 heavy (non-hydrogen) atoms. The van der Waals surface area contributed by atoms with Crippen LogP contribution in [0.1, 0.15) is 11.0 Å². The van der Waals surface area contributed by atoms with Crippen LogP contribution in [0.5, 0.6) is 0 Å². The number of fused-ring (bicyclic) bond motifs is 7. The molecule has 0 atom stereocenters. The molecule has 0 saturated heterocycles. The summed E-state index contributed by atoms with van der Waals surface area (Å²) in [5.74, 6) is 0. The minimum Gasteiger partial charge on any atom is -0.455 e. The Hall–Kier alpha value is -7.42. The molecule has 11 aromatic rings. The number of rotatable bonds is 6. The highest BCUT2D eigenvalue weighted by Gasteiger charge is 2.20. The topological polar surface area (TPSA) is 16.4 Å². The van der Waals surface area contributed by atoms with Gasteiger partial charge >= 0.3 is 0 Å². The summed E-state index contributed by atoms with van der Waals surface area (Å²) in [5, 5.41) is 7.04. The summed E-state index contributed by atoms with van der Waals surface area (Å²) in [6.45, 7) is 0. The molecule has 262 valence electrons. The lowest BCUT2D eigenvalue weighted by atomic mass is 9.97. The average Bonchev–Trinajstić information content (AvgIpc) is 3.72. The first-order valence-corrected chi connectivity index (χ1v) is 18.5. The first-order chi connectivity index (χ1) is 31.1. The molecule has 1 heterocycles. The second-order valence-corrected chi connectivity index (χ2v) is 13.9. The fourth-order valence-electron chi connectivity index (χ4n) is 7.77. The van der Waals surface area contributed by atoms with E-state index in [2.05, 4.69) is 6.07 Å². The maximum absolute atomic E-state index is 9.73. The third-order valence-electron chi connectivity index (χ3n) is 10.5. The summed E-state index contributed by atoms with van der Waals surface area (Å²) < 4.78 is 83.4. The summed E-state index contributed by atoms with van der Waals surface area (Å²) in [6, 6.07) is 48.9. The summed E-state index contributed by atoms with van der Waals surface area (Å²) in [5.41, 5.74) is 3.84. The van der Waals surface area contributed by atoms with Gasteiger partial charge in [0.05, 0.1) is 22.0 Å². The van der Waals surface area contributed by atoms with E-state index in [0.717, 1.165) is 43.4 Å². The van der Waals surface area contributed by atoms with Crippen LogP contribution < -0.4 is 4.90 Å². The Labute approximate surface area is 336 Å². The highest BCUT2D eigenvalue weighted by Crippen LogP contribution is 2.45. The number of nitrogens with zero attached hydrogens (tertiary/aromatic N) is 1. The molecule has 10 aromatic carbocycles. The third-order valence-corrected chi connectivity index (χ3v) is 10.5. The molecule has 2 nitrogen and oxygen atoms in total. The van der Waals surface area contributed by atoms with Gasteiger partial charge in [-0.1, -0.05) is 152 Å². The molecular weight excluding hydrogens is 679 g/mol. The predicted octanol–water partition coefficient (Wildman–Crippen LogP) is 15.5. The fourth-order valence-corrected chi connectivity index (χ4v) is 7.77. The quantitative estimate of drug-likeness (QED) is 0.170. The average molecular weight is 722 g/mol. The smallest absolute Gasteiger partial charge is 0.143 e. The Bertz CT molecular complexity index is 3690. The van der Waals surface area contributed by atoms with Crippen molar-refractivity contribution in [2.45, 2.75) is 0 Å². The minimum atomic E-state index is -0.419. The molecule has 0 spiro atoms. The first kappa shape index (κ1) is 24.8. The van der Waals surface area contributed by atoms with Crippen molar-refractivity contribution in [2.24, 2.45) is 0 Å². The van der Waals surface area contributed by atoms with Crippen molar-refractivity contribution in [1.82, 2.24) is 0 Å². The molecule has 11 rings (SSSR count). The van der Waals surface area contributed by atoms with Crippen LogP contribution in [0.2, 0.25) is 0 Å². The number of benzene rings is 10. The molecule has 0 N–H and O–H groups in total. The van der Waals surface area contributed by atoms with Gasteiger partial charge in [-0.05, 0) is 121 Å². The van der Waals surface area contributed by atoms with E-state index >= 15 is 0 Å². The van der Waals surface area contributed by atoms with Gasteiger partial charge in [0, 0.05) is 22.1 Å². The Morgan fingerprint density at radius 1 is 0.357 bits per heavy atom. The van der Waals surface area contributed by atoms with Crippen molar-refractivity contribution < 1.29 is 15.4 Å². The van der Waals surface area contributed by atoms with Crippen molar-refractivity contribution in [3.8, 4) is 33.4 Å². The Kier molecular flexibility index (Phi) is 5.83. The predicted molar refractivity (Wildman–Crippen MR) is 237 cm³/mol. The van der Waals surface area contributed by atoms with Gasteiger partial charge in [0.15, 0.2) is 0 Å². The van der Waals surface area contributed by atoms with Crippen LogP contribution in [0.4, 0.5) is 17.1 Å². The van der Waals surface area contributed by atoms with E-state index in [4.69, 9.17) is 4.42 Å². The van der Waals surface area contributed by atoms with Crippen molar-refractivity contribution in [3.63, 3.8) is 0 Å². The zero-order valence-corrected chi connectivity index (χ0v) is 29.9. The van der Waals surface area contributed by atoms with Gasteiger partial charge in [0.2, 0.25) is 0 Å². The second kappa shape index (κ2) is 13.2. The zero-order chi connectivity index (χ0) is 44.0. The monoisotopic (exact) mass is 721 g/mol. The second-order valence-electron chi connectivity index (χ2n) is 13.9. The number of furan rings is 1. The molecule has 0 amide bonds. The molecule has 0 fully saturated rings. The van der Waals surface area contributed by atoms with Gasteiger partial charge in [0.25, 0.3) is 0 Å². The van der Waals surface area contributed by atoms with Crippen LogP contribution in [0.15, 0.2) is 217 Å². The molecule has 0 bridgehead atoms. The molecule has 0 aliphatic rings. The van der Waals surface area contributed by atoms with E-state index in [1.807, 2.05) is 127 Å². The maximum Gasteiger partial charge on any atom is 0.143 e. The van der Waals surface area contributed by atoms with Crippen LogP contribution in [0.3, 0.4) is 0 Å². The summed E-state index contributed by atoms with van der Waals surface area (Å²) in [4.78, 5) is 1.37. The molecule has 0 unspecified atom stereocenters. The standard InChI is InChI=1S/C54H35NO/c1-3-12-41-34-45(21-19-36(41)9-1)39-25-30-48(31-26-39)55(51-17-8-18-52-53(51)50-32-27-40-11-5-6-16-49(40)54(50)56-52)47-28-23-38(24-29-47)43-14-7-15-44(33-43)46-22-20-37-10-2-4-13-42(37)35-46/h1-35H/i23D,24D,25D,26D,28D,29D,30D,31D. The molecule has 0 saturated carbocycles. The Morgan fingerprint density at radius 3 is 1.50 bits per heavy atom. The highest BCUT2D eigenvalue weighted by atomic mass is 16.3.